The Balaban J connectivity index is 1.41. The lowest BCUT2D eigenvalue weighted by atomic mass is 9.95. The summed E-state index contributed by atoms with van der Waals surface area (Å²) in [6.45, 7) is 6.96. The highest BCUT2D eigenvalue weighted by molar-refractivity contribution is 5.80. The van der Waals surface area contributed by atoms with E-state index in [0.29, 0.717) is 5.92 Å². The van der Waals surface area contributed by atoms with Crippen LogP contribution in [0.1, 0.15) is 18.4 Å². The molecule has 4 nitrogen and oxygen atoms in total. The van der Waals surface area contributed by atoms with Crippen molar-refractivity contribution in [3.63, 3.8) is 0 Å². The molecule has 1 aromatic heterocycles. The minimum absolute atomic E-state index is 0.549. The number of furan rings is 1. The van der Waals surface area contributed by atoms with Gasteiger partial charge in [0.2, 0.25) is 0 Å². The number of benzene rings is 1. The second kappa shape index (κ2) is 7.68. The molecule has 2 aliphatic rings. The number of fused-ring (bicyclic) bond motifs is 1. The third-order valence-corrected chi connectivity index (χ3v) is 5.37. The first-order valence-corrected chi connectivity index (χ1v) is 9.21. The summed E-state index contributed by atoms with van der Waals surface area (Å²) in [4.78, 5) is 2.61. The Hall–Kier alpha value is -1.36. The Morgan fingerprint density at radius 3 is 2.83 bits per heavy atom. The summed E-state index contributed by atoms with van der Waals surface area (Å²) in [5, 5.41) is 1.25. The fourth-order valence-electron chi connectivity index (χ4n) is 4.08. The summed E-state index contributed by atoms with van der Waals surface area (Å²) in [6, 6.07) is 8.45. The van der Waals surface area contributed by atoms with E-state index in [1.807, 2.05) is 6.07 Å². The van der Waals surface area contributed by atoms with Crippen LogP contribution >= 0.6 is 0 Å². The molecule has 2 fully saturated rings. The molecular weight excluding hydrogens is 302 g/mol. The maximum atomic E-state index is 5.90. The largest absolute Gasteiger partial charge is 0.464 e. The van der Waals surface area contributed by atoms with Crippen LogP contribution in [-0.4, -0.2) is 51.0 Å². The van der Waals surface area contributed by atoms with Crippen molar-refractivity contribution in [3.05, 3.63) is 36.1 Å². The third kappa shape index (κ3) is 3.82. The van der Waals surface area contributed by atoms with Crippen LogP contribution in [0.25, 0.3) is 11.0 Å². The topological polar surface area (TPSA) is 34.8 Å². The molecular formula is C20H27NO3. The molecule has 0 aliphatic carbocycles. The SMILES string of the molecule is c1cc(C[C@H]2COCCN(CC3CCOCC3)C2)c2ccoc2c1. The molecule has 0 N–H and O–H groups in total. The lowest BCUT2D eigenvalue weighted by Gasteiger charge is -2.30. The van der Waals surface area contributed by atoms with Crippen molar-refractivity contribution in [1.29, 1.82) is 0 Å². The summed E-state index contributed by atoms with van der Waals surface area (Å²) in [5.74, 6) is 1.34. The summed E-state index contributed by atoms with van der Waals surface area (Å²) >= 11 is 0. The molecule has 3 heterocycles. The molecule has 2 saturated heterocycles. The van der Waals surface area contributed by atoms with Crippen molar-refractivity contribution in [3.8, 4) is 0 Å². The Morgan fingerprint density at radius 1 is 1.00 bits per heavy atom. The predicted octanol–water partition coefficient (Wildman–Crippen LogP) is 3.35. The van der Waals surface area contributed by atoms with E-state index >= 15 is 0 Å². The quantitative estimate of drug-likeness (QED) is 0.862. The van der Waals surface area contributed by atoms with Crippen molar-refractivity contribution >= 4 is 11.0 Å². The van der Waals surface area contributed by atoms with Gasteiger partial charge in [-0.05, 0) is 48.8 Å². The van der Waals surface area contributed by atoms with Gasteiger partial charge in [-0.15, -0.1) is 0 Å². The smallest absolute Gasteiger partial charge is 0.134 e. The Kier molecular flexibility index (Phi) is 5.16. The van der Waals surface area contributed by atoms with Gasteiger partial charge in [0.05, 0.1) is 19.5 Å². The van der Waals surface area contributed by atoms with E-state index in [2.05, 4.69) is 23.1 Å². The van der Waals surface area contributed by atoms with Gasteiger partial charge in [-0.2, -0.15) is 0 Å². The molecule has 0 unspecified atom stereocenters. The van der Waals surface area contributed by atoms with Gasteiger partial charge in [-0.3, -0.25) is 0 Å². The van der Waals surface area contributed by atoms with Crippen LogP contribution in [-0.2, 0) is 15.9 Å². The van der Waals surface area contributed by atoms with Gasteiger partial charge in [0.25, 0.3) is 0 Å². The van der Waals surface area contributed by atoms with Crippen LogP contribution in [0.5, 0.6) is 0 Å². The van der Waals surface area contributed by atoms with Gasteiger partial charge in [0, 0.05) is 38.2 Å². The average molecular weight is 329 g/mol. The first kappa shape index (κ1) is 16.1. The van der Waals surface area contributed by atoms with Crippen LogP contribution in [0, 0.1) is 11.8 Å². The highest BCUT2D eigenvalue weighted by Gasteiger charge is 2.23. The first-order chi connectivity index (χ1) is 11.9. The van der Waals surface area contributed by atoms with E-state index in [4.69, 9.17) is 13.9 Å². The normalized spacial score (nSPS) is 24.2. The molecule has 4 rings (SSSR count). The van der Waals surface area contributed by atoms with E-state index in [9.17, 15) is 0 Å². The zero-order valence-electron chi connectivity index (χ0n) is 14.3. The maximum Gasteiger partial charge on any atom is 0.134 e. The van der Waals surface area contributed by atoms with E-state index in [-0.39, 0.29) is 0 Å². The molecule has 0 amide bonds. The third-order valence-electron chi connectivity index (χ3n) is 5.37. The molecule has 1 atom stereocenters. The van der Waals surface area contributed by atoms with Crippen LogP contribution in [0.3, 0.4) is 0 Å². The van der Waals surface area contributed by atoms with Crippen molar-refractivity contribution in [1.82, 2.24) is 4.90 Å². The van der Waals surface area contributed by atoms with Crippen LogP contribution in [0.4, 0.5) is 0 Å². The van der Waals surface area contributed by atoms with E-state index in [1.54, 1.807) is 6.26 Å². The summed E-state index contributed by atoms with van der Waals surface area (Å²) in [7, 11) is 0. The van der Waals surface area contributed by atoms with Gasteiger partial charge in [-0.1, -0.05) is 12.1 Å². The summed E-state index contributed by atoms with van der Waals surface area (Å²) < 4.78 is 16.9. The molecule has 0 spiro atoms. The zero-order chi connectivity index (χ0) is 16.2. The van der Waals surface area contributed by atoms with Gasteiger partial charge >= 0.3 is 0 Å². The standard InChI is InChI=1S/C20H27NO3/c1-2-18(19-6-10-24-20(19)3-1)12-17-14-21(7-11-23-15-17)13-16-4-8-22-9-5-16/h1-3,6,10,16-17H,4-5,7-9,11-15H2/t17-/m1/s1. The van der Waals surface area contributed by atoms with Crippen molar-refractivity contribution in [2.75, 3.05) is 46.1 Å². The van der Waals surface area contributed by atoms with Gasteiger partial charge in [-0.25, -0.2) is 0 Å². The Bertz CT molecular complexity index is 647. The zero-order valence-corrected chi connectivity index (χ0v) is 14.3. The molecule has 2 aliphatic heterocycles. The Labute approximate surface area is 143 Å². The van der Waals surface area contributed by atoms with Gasteiger partial charge in [0.1, 0.15) is 5.58 Å². The highest BCUT2D eigenvalue weighted by atomic mass is 16.5. The van der Waals surface area contributed by atoms with Crippen molar-refractivity contribution in [2.24, 2.45) is 11.8 Å². The predicted molar refractivity (Wildman–Crippen MR) is 94.2 cm³/mol. The number of hydrogen-bond donors (Lipinski definition) is 0. The number of nitrogens with zero attached hydrogens (tertiary/aromatic N) is 1. The fourth-order valence-corrected chi connectivity index (χ4v) is 4.08. The number of hydrogen-bond acceptors (Lipinski definition) is 4. The van der Waals surface area contributed by atoms with Crippen molar-refractivity contribution < 1.29 is 13.9 Å². The minimum Gasteiger partial charge on any atom is -0.464 e. The summed E-state index contributed by atoms with van der Waals surface area (Å²) in [5.41, 5.74) is 2.36. The lowest BCUT2D eigenvalue weighted by molar-refractivity contribution is 0.0512. The van der Waals surface area contributed by atoms with Gasteiger partial charge in [0.15, 0.2) is 0 Å². The van der Waals surface area contributed by atoms with E-state index in [1.165, 1.54) is 30.3 Å². The Morgan fingerprint density at radius 2 is 1.92 bits per heavy atom. The molecule has 130 valence electrons. The molecule has 0 saturated carbocycles. The monoisotopic (exact) mass is 329 g/mol. The first-order valence-electron chi connectivity index (χ1n) is 9.21. The van der Waals surface area contributed by atoms with Crippen LogP contribution < -0.4 is 0 Å². The van der Waals surface area contributed by atoms with Crippen LogP contribution in [0.15, 0.2) is 34.9 Å². The molecule has 1 aromatic carbocycles. The van der Waals surface area contributed by atoms with Crippen LogP contribution in [0.2, 0.25) is 0 Å². The number of ether oxygens (including phenoxy) is 2. The van der Waals surface area contributed by atoms with Gasteiger partial charge < -0.3 is 18.8 Å². The minimum atomic E-state index is 0.549. The van der Waals surface area contributed by atoms with E-state index < -0.39 is 0 Å². The second-order valence-electron chi connectivity index (χ2n) is 7.21. The second-order valence-corrected chi connectivity index (χ2v) is 7.21. The fraction of sp³-hybridized carbons (Fsp3) is 0.600. The lowest BCUT2D eigenvalue weighted by Crippen LogP contribution is -2.36. The average Bonchev–Trinajstić information content (AvgIpc) is 2.99. The highest BCUT2D eigenvalue weighted by Crippen LogP contribution is 2.24. The maximum absolute atomic E-state index is 5.90. The molecule has 0 bridgehead atoms. The number of rotatable bonds is 4. The molecule has 0 radical (unpaired) electrons. The molecule has 2 aromatic rings. The molecule has 24 heavy (non-hydrogen) atoms. The van der Waals surface area contributed by atoms with E-state index in [0.717, 1.165) is 57.4 Å². The summed E-state index contributed by atoms with van der Waals surface area (Å²) in [6.07, 6.45) is 5.25. The molecule has 4 heteroatoms. The van der Waals surface area contributed by atoms with Crippen molar-refractivity contribution in [2.45, 2.75) is 19.3 Å².